The lowest BCUT2D eigenvalue weighted by Crippen LogP contribution is -2.09. The van der Waals surface area contributed by atoms with Gasteiger partial charge in [-0.3, -0.25) is 0 Å². The van der Waals surface area contributed by atoms with Crippen LogP contribution in [0.25, 0.3) is 0 Å². The number of rotatable bonds is 0. The number of aliphatic hydroxyl groups is 1. The highest BCUT2D eigenvalue weighted by Gasteiger charge is 2.41. The van der Waals surface area contributed by atoms with E-state index in [1.807, 2.05) is 0 Å². The minimum Gasteiger partial charge on any atom is -0.393 e. The summed E-state index contributed by atoms with van der Waals surface area (Å²) in [5.74, 6) is 1.61. The first-order chi connectivity index (χ1) is 5.38. The molecule has 0 spiro atoms. The van der Waals surface area contributed by atoms with E-state index < -0.39 is 0 Å². The van der Waals surface area contributed by atoms with Gasteiger partial charge in [-0.1, -0.05) is 32.1 Å². The first-order valence-corrected chi connectivity index (χ1v) is 5.06. The normalized spacial score (nSPS) is 45.0. The zero-order chi connectivity index (χ0) is 7.68. The molecule has 2 saturated carbocycles. The molecule has 0 bridgehead atoms. The molecule has 0 aliphatic heterocycles. The van der Waals surface area contributed by atoms with Crippen molar-refractivity contribution in [1.82, 2.24) is 0 Å². The van der Waals surface area contributed by atoms with E-state index in [-0.39, 0.29) is 6.10 Å². The Hall–Kier alpha value is -0.0400. The second-order valence-corrected chi connectivity index (χ2v) is 4.22. The first kappa shape index (κ1) is 7.60. The molecular weight excluding hydrogens is 136 g/mol. The molecule has 0 unspecified atom stereocenters. The van der Waals surface area contributed by atoms with E-state index in [2.05, 4.69) is 0 Å². The minimum atomic E-state index is 0.0538. The molecule has 1 N–H and O–H groups in total. The van der Waals surface area contributed by atoms with E-state index in [1.54, 1.807) is 0 Å². The maximum atomic E-state index is 9.65. The van der Waals surface area contributed by atoms with E-state index in [0.29, 0.717) is 5.92 Å². The smallest absolute Gasteiger partial charge is 0.0571 e. The summed E-state index contributed by atoms with van der Waals surface area (Å²) in [6, 6.07) is 0. The highest BCUT2D eigenvalue weighted by Crippen LogP contribution is 2.46. The molecule has 0 radical (unpaired) electrons. The monoisotopic (exact) mass is 154 g/mol. The van der Waals surface area contributed by atoms with Crippen molar-refractivity contribution in [2.75, 3.05) is 0 Å². The standard InChI is InChI=1S/C10H18O/c11-10-6-4-2-1-3-5-8-7-9(8)10/h8-11H,1-7H2/t8-,9+,10+/m0/s1. The topological polar surface area (TPSA) is 20.2 Å². The predicted molar refractivity (Wildman–Crippen MR) is 45.3 cm³/mol. The molecule has 0 heterocycles. The zero-order valence-corrected chi connectivity index (χ0v) is 7.13. The van der Waals surface area contributed by atoms with Crippen molar-refractivity contribution >= 4 is 0 Å². The Morgan fingerprint density at radius 3 is 2.45 bits per heavy atom. The first-order valence-electron chi connectivity index (χ1n) is 5.06. The van der Waals surface area contributed by atoms with Crippen molar-refractivity contribution < 1.29 is 5.11 Å². The molecule has 0 aromatic carbocycles. The van der Waals surface area contributed by atoms with Gasteiger partial charge >= 0.3 is 0 Å². The van der Waals surface area contributed by atoms with E-state index in [1.165, 1.54) is 38.5 Å². The molecule has 1 heteroatoms. The van der Waals surface area contributed by atoms with Crippen LogP contribution in [0.3, 0.4) is 0 Å². The van der Waals surface area contributed by atoms with E-state index >= 15 is 0 Å². The van der Waals surface area contributed by atoms with Gasteiger partial charge in [-0.05, 0) is 24.7 Å². The lowest BCUT2D eigenvalue weighted by Gasteiger charge is -2.07. The molecule has 0 amide bonds. The molecule has 0 aromatic rings. The summed E-state index contributed by atoms with van der Waals surface area (Å²) in [4.78, 5) is 0. The fraction of sp³-hybridized carbons (Fsp3) is 1.00. The molecule has 2 aliphatic carbocycles. The molecule has 64 valence electrons. The van der Waals surface area contributed by atoms with Gasteiger partial charge in [0.05, 0.1) is 6.10 Å². The van der Waals surface area contributed by atoms with Gasteiger partial charge in [-0.15, -0.1) is 0 Å². The molecule has 0 saturated heterocycles. The third-order valence-electron chi connectivity index (χ3n) is 3.30. The molecule has 2 fully saturated rings. The lowest BCUT2D eigenvalue weighted by molar-refractivity contribution is 0.133. The Kier molecular flexibility index (Phi) is 2.17. The van der Waals surface area contributed by atoms with Crippen LogP contribution in [0.2, 0.25) is 0 Å². The number of aliphatic hydroxyl groups excluding tert-OH is 1. The third kappa shape index (κ3) is 1.76. The Labute approximate surface area is 68.8 Å². The highest BCUT2D eigenvalue weighted by atomic mass is 16.3. The summed E-state index contributed by atoms with van der Waals surface area (Å²) in [5.41, 5.74) is 0. The maximum absolute atomic E-state index is 9.65. The molecule has 11 heavy (non-hydrogen) atoms. The summed E-state index contributed by atoms with van der Waals surface area (Å²) in [5, 5.41) is 9.65. The van der Waals surface area contributed by atoms with Crippen molar-refractivity contribution in [2.45, 2.75) is 51.0 Å². The van der Waals surface area contributed by atoms with Gasteiger partial charge in [-0.2, -0.15) is 0 Å². The van der Waals surface area contributed by atoms with Crippen LogP contribution in [0.15, 0.2) is 0 Å². The van der Waals surface area contributed by atoms with Crippen LogP contribution in [0.4, 0.5) is 0 Å². The van der Waals surface area contributed by atoms with Gasteiger partial charge in [0.15, 0.2) is 0 Å². The van der Waals surface area contributed by atoms with E-state index in [4.69, 9.17) is 0 Å². The quantitative estimate of drug-likeness (QED) is 0.568. The fourth-order valence-corrected chi connectivity index (χ4v) is 2.40. The molecular formula is C10H18O. The summed E-state index contributed by atoms with van der Waals surface area (Å²) in [6.07, 6.45) is 9.24. The van der Waals surface area contributed by atoms with Crippen LogP contribution < -0.4 is 0 Å². The number of hydrogen-bond donors (Lipinski definition) is 1. The Bertz CT molecular complexity index is 133. The summed E-state index contributed by atoms with van der Waals surface area (Å²) < 4.78 is 0. The lowest BCUT2D eigenvalue weighted by atomic mass is 10.1. The average molecular weight is 154 g/mol. The van der Waals surface area contributed by atoms with Crippen LogP contribution in [-0.2, 0) is 0 Å². The van der Waals surface area contributed by atoms with Gasteiger partial charge in [-0.25, -0.2) is 0 Å². The Morgan fingerprint density at radius 1 is 0.909 bits per heavy atom. The third-order valence-corrected chi connectivity index (χ3v) is 3.30. The second-order valence-electron chi connectivity index (χ2n) is 4.22. The molecule has 3 atom stereocenters. The van der Waals surface area contributed by atoms with E-state index in [9.17, 15) is 5.11 Å². The largest absolute Gasteiger partial charge is 0.393 e. The summed E-state index contributed by atoms with van der Waals surface area (Å²) in [7, 11) is 0. The molecule has 2 rings (SSSR count). The fourth-order valence-electron chi connectivity index (χ4n) is 2.40. The zero-order valence-electron chi connectivity index (χ0n) is 7.13. The van der Waals surface area contributed by atoms with E-state index in [0.717, 1.165) is 12.3 Å². The molecule has 1 nitrogen and oxygen atoms in total. The van der Waals surface area contributed by atoms with Gasteiger partial charge in [0.1, 0.15) is 0 Å². The van der Waals surface area contributed by atoms with Gasteiger partial charge in [0.2, 0.25) is 0 Å². The highest BCUT2D eigenvalue weighted by molar-refractivity contribution is 4.91. The average Bonchev–Trinajstić information content (AvgIpc) is 2.74. The van der Waals surface area contributed by atoms with Crippen LogP contribution >= 0.6 is 0 Å². The maximum Gasteiger partial charge on any atom is 0.0571 e. The SMILES string of the molecule is O[C@@H]1CCCCCC[C@H]2C[C@H]21. The summed E-state index contributed by atoms with van der Waals surface area (Å²) >= 11 is 0. The molecule has 2 aliphatic rings. The molecule has 0 aromatic heterocycles. The number of fused-ring (bicyclic) bond motifs is 1. The summed E-state index contributed by atoms with van der Waals surface area (Å²) in [6.45, 7) is 0. The van der Waals surface area contributed by atoms with Crippen molar-refractivity contribution in [3.05, 3.63) is 0 Å². The van der Waals surface area contributed by atoms with Gasteiger partial charge < -0.3 is 5.11 Å². The Morgan fingerprint density at radius 2 is 1.64 bits per heavy atom. The van der Waals surface area contributed by atoms with Gasteiger partial charge in [0.25, 0.3) is 0 Å². The van der Waals surface area contributed by atoms with Gasteiger partial charge in [0, 0.05) is 0 Å². The van der Waals surface area contributed by atoms with Crippen LogP contribution in [0.1, 0.15) is 44.9 Å². The predicted octanol–water partition coefficient (Wildman–Crippen LogP) is 2.34. The van der Waals surface area contributed by atoms with Crippen LogP contribution in [0, 0.1) is 11.8 Å². The van der Waals surface area contributed by atoms with Crippen molar-refractivity contribution in [3.8, 4) is 0 Å². The minimum absolute atomic E-state index is 0.0538. The van der Waals surface area contributed by atoms with Crippen LogP contribution in [-0.4, -0.2) is 11.2 Å². The number of hydrogen-bond acceptors (Lipinski definition) is 1. The second kappa shape index (κ2) is 3.14. The Balaban J connectivity index is 1.85. The van der Waals surface area contributed by atoms with Crippen molar-refractivity contribution in [1.29, 1.82) is 0 Å². The van der Waals surface area contributed by atoms with Crippen molar-refractivity contribution in [2.24, 2.45) is 11.8 Å². The van der Waals surface area contributed by atoms with Crippen molar-refractivity contribution in [3.63, 3.8) is 0 Å². The van der Waals surface area contributed by atoms with Crippen LogP contribution in [0.5, 0.6) is 0 Å².